The third-order valence-electron chi connectivity index (χ3n) is 3.79. The van der Waals surface area contributed by atoms with Gasteiger partial charge in [-0.25, -0.2) is 14.8 Å². The van der Waals surface area contributed by atoms with Crippen molar-refractivity contribution in [1.82, 2.24) is 19.3 Å². The molecule has 1 atom stereocenters. The van der Waals surface area contributed by atoms with Crippen LogP contribution in [0.2, 0.25) is 0 Å². The number of hydrogen-bond donors (Lipinski definition) is 1. The fourth-order valence-electron chi connectivity index (χ4n) is 2.81. The van der Waals surface area contributed by atoms with E-state index in [9.17, 15) is 4.79 Å². The first-order chi connectivity index (χ1) is 10.1. The fraction of sp³-hybridized carbons (Fsp3) is 0.462. The van der Waals surface area contributed by atoms with Crippen molar-refractivity contribution in [2.75, 3.05) is 25.9 Å². The van der Waals surface area contributed by atoms with E-state index in [2.05, 4.69) is 25.9 Å². The van der Waals surface area contributed by atoms with Crippen molar-refractivity contribution in [3.05, 3.63) is 22.8 Å². The molecule has 3 heterocycles. The number of halogens is 1. The summed E-state index contributed by atoms with van der Waals surface area (Å²) in [5.74, 6) is 1.47. The van der Waals surface area contributed by atoms with Gasteiger partial charge in [-0.2, -0.15) is 0 Å². The van der Waals surface area contributed by atoms with Crippen LogP contribution < -0.4 is 5.73 Å². The number of carbonyl (C=O) groups is 1. The highest BCUT2D eigenvalue weighted by molar-refractivity contribution is 9.10. The van der Waals surface area contributed by atoms with Crippen molar-refractivity contribution in [2.45, 2.75) is 18.8 Å². The average molecular weight is 354 g/mol. The highest BCUT2D eigenvalue weighted by Crippen LogP contribution is 2.31. The number of likely N-dealkylation sites (tertiary alicyclic amines) is 1. The average Bonchev–Trinajstić information content (AvgIpc) is 2.85. The van der Waals surface area contributed by atoms with Crippen molar-refractivity contribution < 1.29 is 9.53 Å². The van der Waals surface area contributed by atoms with Crippen molar-refractivity contribution in [1.29, 1.82) is 0 Å². The number of aromatic nitrogens is 3. The lowest BCUT2D eigenvalue weighted by Crippen LogP contribution is -2.39. The van der Waals surface area contributed by atoms with Gasteiger partial charge in [-0.3, -0.25) is 4.40 Å². The van der Waals surface area contributed by atoms with Crippen LogP contribution in [0, 0.1) is 0 Å². The van der Waals surface area contributed by atoms with Crippen LogP contribution in [-0.4, -0.2) is 45.6 Å². The molecule has 0 spiro atoms. The molecule has 112 valence electrons. The van der Waals surface area contributed by atoms with Crippen LogP contribution in [0.1, 0.15) is 24.6 Å². The number of imidazole rings is 1. The SMILES string of the molecule is COC(=O)N1CCCC(c2nc(Br)c3c(N)nccn23)C1. The minimum absolute atomic E-state index is 0.151. The predicted molar refractivity (Wildman–Crippen MR) is 81.1 cm³/mol. The Labute approximate surface area is 130 Å². The van der Waals surface area contributed by atoms with E-state index in [-0.39, 0.29) is 12.0 Å². The molecule has 1 aliphatic heterocycles. The normalized spacial score (nSPS) is 19.0. The number of piperidine rings is 1. The van der Waals surface area contributed by atoms with E-state index in [1.165, 1.54) is 7.11 Å². The lowest BCUT2D eigenvalue weighted by molar-refractivity contribution is 0.110. The molecule has 21 heavy (non-hydrogen) atoms. The van der Waals surface area contributed by atoms with Gasteiger partial charge in [0.15, 0.2) is 5.82 Å². The standard InChI is InChI=1S/C13H16BrN5O2/c1-21-13(20)18-5-2-3-8(7-18)12-17-10(14)9-11(15)16-4-6-19(9)12/h4,6,8H,2-3,5,7H2,1H3,(H2,15,16). The highest BCUT2D eigenvalue weighted by atomic mass is 79.9. The van der Waals surface area contributed by atoms with Crippen molar-refractivity contribution in [3.8, 4) is 0 Å². The van der Waals surface area contributed by atoms with Gasteiger partial charge in [-0.1, -0.05) is 0 Å². The van der Waals surface area contributed by atoms with Crippen LogP contribution in [0.5, 0.6) is 0 Å². The Bertz CT molecular complexity index is 686. The summed E-state index contributed by atoms with van der Waals surface area (Å²) in [6.45, 7) is 1.32. The zero-order chi connectivity index (χ0) is 15.0. The van der Waals surface area contributed by atoms with Gasteiger partial charge < -0.3 is 15.4 Å². The number of nitrogen functional groups attached to an aromatic ring is 1. The van der Waals surface area contributed by atoms with E-state index >= 15 is 0 Å². The Balaban J connectivity index is 1.97. The molecule has 1 aliphatic rings. The highest BCUT2D eigenvalue weighted by Gasteiger charge is 2.29. The molecule has 1 fully saturated rings. The number of nitrogens with two attached hydrogens (primary N) is 1. The number of ether oxygens (including phenoxy) is 1. The quantitative estimate of drug-likeness (QED) is 0.847. The minimum Gasteiger partial charge on any atom is -0.453 e. The van der Waals surface area contributed by atoms with E-state index in [0.29, 0.717) is 17.0 Å². The number of methoxy groups -OCH3 is 1. The second-order valence-corrected chi connectivity index (χ2v) is 5.80. The first kappa shape index (κ1) is 14.1. The van der Waals surface area contributed by atoms with Crippen LogP contribution in [0.4, 0.5) is 10.6 Å². The maximum Gasteiger partial charge on any atom is 0.409 e. The van der Waals surface area contributed by atoms with Crippen molar-refractivity contribution in [3.63, 3.8) is 0 Å². The summed E-state index contributed by atoms with van der Waals surface area (Å²) in [7, 11) is 1.40. The van der Waals surface area contributed by atoms with Gasteiger partial charge in [0.05, 0.1) is 7.11 Å². The second kappa shape index (κ2) is 5.51. The molecule has 0 bridgehead atoms. The van der Waals surface area contributed by atoms with Gasteiger partial charge in [0, 0.05) is 31.4 Å². The third kappa shape index (κ3) is 2.44. The van der Waals surface area contributed by atoms with E-state index in [1.54, 1.807) is 11.1 Å². The molecule has 0 aliphatic carbocycles. The summed E-state index contributed by atoms with van der Waals surface area (Å²) in [6, 6.07) is 0. The lowest BCUT2D eigenvalue weighted by Gasteiger charge is -2.30. The Morgan fingerprint density at radius 1 is 1.57 bits per heavy atom. The van der Waals surface area contributed by atoms with E-state index < -0.39 is 0 Å². The van der Waals surface area contributed by atoms with Crippen LogP contribution in [-0.2, 0) is 4.74 Å². The van der Waals surface area contributed by atoms with Crippen molar-refractivity contribution >= 4 is 33.4 Å². The molecule has 2 aromatic heterocycles. The molecule has 0 saturated carbocycles. The minimum atomic E-state index is -0.291. The van der Waals surface area contributed by atoms with E-state index in [1.807, 2.05) is 10.6 Å². The second-order valence-electron chi connectivity index (χ2n) is 5.05. The van der Waals surface area contributed by atoms with Crippen LogP contribution in [0.25, 0.3) is 5.52 Å². The molecule has 1 saturated heterocycles. The Kier molecular flexibility index (Phi) is 3.71. The lowest BCUT2D eigenvalue weighted by atomic mass is 9.97. The number of hydrogen-bond acceptors (Lipinski definition) is 5. The first-order valence-corrected chi connectivity index (χ1v) is 7.52. The van der Waals surface area contributed by atoms with Gasteiger partial charge in [-0.05, 0) is 28.8 Å². The molecular weight excluding hydrogens is 338 g/mol. The van der Waals surface area contributed by atoms with Crippen LogP contribution in [0.15, 0.2) is 17.0 Å². The van der Waals surface area contributed by atoms with Gasteiger partial charge in [0.2, 0.25) is 0 Å². The zero-order valence-corrected chi connectivity index (χ0v) is 13.2. The number of amides is 1. The molecule has 2 aromatic rings. The number of nitrogens with zero attached hydrogens (tertiary/aromatic N) is 4. The largest absolute Gasteiger partial charge is 0.453 e. The van der Waals surface area contributed by atoms with E-state index in [4.69, 9.17) is 10.5 Å². The maximum absolute atomic E-state index is 11.7. The Hall–Kier alpha value is -1.83. The molecule has 7 nitrogen and oxygen atoms in total. The number of rotatable bonds is 1. The topological polar surface area (TPSA) is 85.8 Å². The van der Waals surface area contributed by atoms with Gasteiger partial charge in [-0.15, -0.1) is 0 Å². The summed E-state index contributed by atoms with van der Waals surface area (Å²) in [6.07, 6.45) is 5.10. The maximum atomic E-state index is 11.7. The summed E-state index contributed by atoms with van der Waals surface area (Å²) >= 11 is 3.44. The monoisotopic (exact) mass is 353 g/mol. The molecule has 1 amide bonds. The molecule has 0 radical (unpaired) electrons. The molecule has 3 rings (SSSR count). The number of fused-ring (bicyclic) bond motifs is 1. The number of anilines is 1. The molecule has 2 N–H and O–H groups in total. The fourth-order valence-corrected chi connectivity index (χ4v) is 3.39. The van der Waals surface area contributed by atoms with E-state index in [0.717, 1.165) is 30.7 Å². The summed E-state index contributed by atoms with van der Waals surface area (Å²) in [5.41, 5.74) is 6.68. The number of carbonyl (C=O) groups excluding carboxylic acids is 1. The first-order valence-electron chi connectivity index (χ1n) is 6.72. The summed E-state index contributed by atoms with van der Waals surface area (Å²) in [4.78, 5) is 22.1. The predicted octanol–water partition coefficient (Wildman–Crippen LogP) is 2.02. The van der Waals surface area contributed by atoms with Gasteiger partial charge in [0.25, 0.3) is 0 Å². The Morgan fingerprint density at radius 2 is 2.38 bits per heavy atom. The molecule has 8 heteroatoms. The van der Waals surface area contributed by atoms with Crippen molar-refractivity contribution in [2.24, 2.45) is 0 Å². The van der Waals surface area contributed by atoms with Gasteiger partial charge >= 0.3 is 6.09 Å². The van der Waals surface area contributed by atoms with Gasteiger partial charge in [0.1, 0.15) is 15.9 Å². The van der Waals surface area contributed by atoms with Crippen LogP contribution >= 0.6 is 15.9 Å². The third-order valence-corrected chi connectivity index (χ3v) is 4.34. The molecule has 0 aromatic carbocycles. The zero-order valence-electron chi connectivity index (χ0n) is 11.6. The summed E-state index contributed by atoms with van der Waals surface area (Å²) < 4.78 is 7.43. The molecule has 1 unspecified atom stereocenters. The molecular formula is C13H16BrN5O2. The van der Waals surface area contributed by atoms with Crippen LogP contribution in [0.3, 0.4) is 0 Å². The summed E-state index contributed by atoms with van der Waals surface area (Å²) in [5, 5.41) is 0. The Morgan fingerprint density at radius 3 is 3.14 bits per heavy atom. The smallest absolute Gasteiger partial charge is 0.409 e.